The second-order valence-corrected chi connectivity index (χ2v) is 5.62. The van der Waals surface area contributed by atoms with Crippen LogP contribution in [-0.2, 0) is 0 Å². The minimum atomic E-state index is -0.174. The van der Waals surface area contributed by atoms with Crippen molar-refractivity contribution >= 4 is 16.9 Å². The number of aromatic amines is 1. The Morgan fingerprint density at radius 1 is 1.39 bits per heavy atom. The van der Waals surface area contributed by atoms with E-state index in [0.717, 1.165) is 34.5 Å². The summed E-state index contributed by atoms with van der Waals surface area (Å²) in [4.78, 5) is 16.8. The first-order chi connectivity index (χ1) is 11.0. The van der Waals surface area contributed by atoms with Crippen LogP contribution in [-0.4, -0.2) is 26.2 Å². The molecule has 0 fully saturated rings. The number of aryl methyl sites for hydroxylation is 3. The minimum absolute atomic E-state index is 0.144. The fourth-order valence-corrected chi connectivity index (χ4v) is 2.75. The van der Waals surface area contributed by atoms with Crippen molar-refractivity contribution in [1.29, 1.82) is 0 Å². The number of carbonyl (C=O) groups excluding carboxylic acids is 1. The SMILES string of the molecule is CCC(NC(=O)c1cnc2n[nH]c(C)c2c1)c1c(C)noc1C. The van der Waals surface area contributed by atoms with Crippen LogP contribution in [0.15, 0.2) is 16.8 Å². The second-order valence-electron chi connectivity index (χ2n) is 5.62. The number of H-pyrrole nitrogens is 1. The van der Waals surface area contributed by atoms with Gasteiger partial charge in [-0.3, -0.25) is 9.89 Å². The number of nitrogens with one attached hydrogen (secondary N) is 2. The summed E-state index contributed by atoms with van der Waals surface area (Å²) in [7, 11) is 0. The minimum Gasteiger partial charge on any atom is -0.361 e. The zero-order chi connectivity index (χ0) is 16.6. The van der Waals surface area contributed by atoms with E-state index in [0.29, 0.717) is 11.2 Å². The smallest absolute Gasteiger partial charge is 0.253 e. The summed E-state index contributed by atoms with van der Waals surface area (Å²) in [5, 5.41) is 14.8. The summed E-state index contributed by atoms with van der Waals surface area (Å²) in [6, 6.07) is 1.66. The highest BCUT2D eigenvalue weighted by Gasteiger charge is 2.21. The Morgan fingerprint density at radius 2 is 2.17 bits per heavy atom. The molecule has 0 aliphatic heterocycles. The molecule has 3 heterocycles. The maximum Gasteiger partial charge on any atom is 0.253 e. The van der Waals surface area contributed by atoms with Crippen LogP contribution in [0.5, 0.6) is 0 Å². The molecule has 23 heavy (non-hydrogen) atoms. The lowest BCUT2D eigenvalue weighted by Crippen LogP contribution is -2.28. The van der Waals surface area contributed by atoms with Crippen molar-refractivity contribution in [2.45, 2.75) is 40.2 Å². The lowest BCUT2D eigenvalue weighted by molar-refractivity contribution is 0.0935. The van der Waals surface area contributed by atoms with Crippen LogP contribution < -0.4 is 5.32 Å². The molecule has 0 aliphatic rings. The van der Waals surface area contributed by atoms with Gasteiger partial charge in [-0.05, 0) is 33.3 Å². The molecule has 3 rings (SSSR count). The van der Waals surface area contributed by atoms with Gasteiger partial charge in [0.2, 0.25) is 0 Å². The molecule has 0 spiro atoms. The van der Waals surface area contributed by atoms with Gasteiger partial charge in [-0.25, -0.2) is 4.98 Å². The van der Waals surface area contributed by atoms with Crippen molar-refractivity contribution in [1.82, 2.24) is 25.7 Å². The molecule has 2 N–H and O–H groups in total. The van der Waals surface area contributed by atoms with Crippen LogP contribution in [0, 0.1) is 20.8 Å². The van der Waals surface area contributed by atoms with Gasteiger partial charge in [0.25, 0.3) is 5.91 Å². The van der Waals surface area contributed by atoms with E-state index in [4.69, 9.17) is 4.52 Å². The van der Waals surface area contributed by atoms with Crippen LogP contribution in [0.4, 0.5) is 0 Å². The first kappa shape index (κ1) is 15.2. The van der Waals surface area contributed by atoms with Crippen LogP contribution >= 0.6 is 0 Å². The monoisotopic (exact) mass is 313 g/mol. The van der Waals surface area contributed by atoms with Gasteiger partial charge in [0.15, 0.2) is 5.65 Å². The number of aromatic nitrogens is 4. The third-order valence-corrected chi connectivity index (χ3v) is 4.01. The molecule has 7 heteroatoms. The third-order valence-electron chi connectivity index (χ3n) is 4.01. The first-order valence-corrected chi connectivity index (χ1v) is 7.55. The van der Waals surface area contributed by atoms with E-state index in [1.807, 2.05) is 27.7 Å². The molecule has 0 aliphatic carbocycles. The molecule has 120 valence electrons. The molecule has 3 aromatic rings. The van der Waals surface area contributed by atoms with Crippen molar-refractivity contribution < 1.29 is 9.32 Å². The van der Waals surface area contributed by atoms with Crippen LogP contribution in [0.25, 0.3) is 11.0 Å². The first-order valence-electron chi connectivity index (χ1n) is 7.55. The Morgan fingerprint density at radius 3 is 2.83 bits per heavy atom. The number of nitrogens with zero attached hydrogens (tertiary/aromatic N) is 3. The summed E-state index contributed by atoms with van der Waals surface area (Å²) in [6.45, 7) is 7.64. The van der Waals surface area contributed by atoms with Gasteiger partial charge >= 0.3 is 0 Å². The highest BCUT2D eigenvalue weighted by atomic mass is 16.5. The van der Waals surface area contributed by atoms with Crippen molar-refractivity contribution in [3.63, 3.8) is 0 Å². The molecule has 0 saturated carbocycles. The number of amides is 1. The number of fused-ring (bicyclic) bond motifs is 1. The Labute approximate surface area is 133 Å². The third kappa shape index (κ3) is 2.69. The molecular weight excluding hydrogens is 294 g/mol. The van der Waals surface area contributed by atoms with Gasteiger partial charge in [-0.1, -0.05) is 12.1 Å². The summed E-state index contributed by atoms with van der Waals surface area (Å²) >= 11 is 0. The molecule has 7 nitrogen and oxygen atoms in total. The number of hydrogen-bond donors (Lipinski definition) is 2. The van der Waals surface area contributed by atoms with Crippen molar-refractivity contribution in [3.8, 4) is 0 Å². The second kappa shape index (κ2) is 5.83. The van der Waals surface area contributed by atoms with Crippen LogP contribution in [0.1, 0.15) is 52.5 Å². The normalized spacial score (nSPS) is 12.5. The van der Waals surface area contributed by atoms with E-state index >= 15 is 0 Å². The van der Waals surface area contributed by atoms with Crippen molar-refractivity contribution in [2.75, 3.05) is 0 Å². The zero-order valence-corrected chi connectivity index (χ0v) is 13.6. The summed E-state index contributed by atoms with van der Waals surface area (Å²) in [5.74, 6) is 0.556. The average molecular weight is 313 g/mol. The Kier molecular flexibility index (Phi) is 3.85. The Bertz CT molecular complexity index is 845. The van der Waals surface area contributed by atoms with E-state index < -0.39 is 0 Å². The molecule has 1 atom stereocenters. The lowest BCUT2D eigenvalue weighted by atomic mass is 10.0. The van der Waals surface area contributed by atoms with E-state index in [1.165, 1.54) is 6.20 Å². The summed E-state index contributed by atoms with van der Waals surface area (Å²) < 4.78 is 5.20. The van der Waals surface area contributed by atoms with E-state index in [-0.39, 0.29) is 11.9 Å². The standard InChI is InChI=1S/C16H19N5O2/c1-5-13(14-9(3)21-23-10(14)4)18-16(22)11-6-12-8(2)19-20-15(12)17-7-11/h6-7,13H,5H2,1-4H3,(H,18,22)(H,17,19,20). The Hall–Kier alpha value is -2.70. The van der Waals surface area contributed by atoms with Crippen molar-refractivity contribution in [3.05, 3.63) is 40.5 Å². The van der Waals surface area contributed by atoms with Crippen molar-refractivity contribution in [2.24, 2.45) is 0 Å². The molecule has 1 amide bonds. The van der Waals surface area contributed by atoms with E-state index in [9.17, 15) is 4.79 Å². The van der Waals surface area contributed by atoms with Gasteiger partial charge in [0.1, 0.15) is 5.76 Å². The molecule has 0 radical (unpaired) electrons. The zero-order valence-electron chi connectivity index (χ0n) is 13.6. The number of rotatable bonds is 4. The molecular formula is C16H19N5O2. The van der Waals surface area contributed by atoms with Gasteiger partial charge in [0.05, 0.1) is 17.3 Å². The largest absolute Gasteiger partial charge is 0.361 e. The lowest BCUT2D eigenvalue weighted by Gasteiger charge is -2.17. The van der Waals surface area contributed by atoms with Gasteiger partial charge < -0.3 is 9.84 Å². The molecule has 3 aromatic heterocycles. The topological polar surface area (TPSA) is 96.7 Å². The Balaban J connectivity index is 1.88. The average Bonchev–Trinajstić information content (AvgIpc) is 3.08. The fourth-order valence-electron chi connectivity index (χ4n) is 2.75. The highest BCUT2D eigenvalue weighted by molar-refractivity contribution is 5.97. The van der Waals surface area contributed by atoms with Gasteiger partial charge in [0, 0.05) is 22.8 Å². The number of pyridine rings is 1. The molecule has 1 unspecified atom stereocenters. The van der Waals surface area contributed by atoms with E-state index in [1.54, 1.807) is 6.07 Å². The maximum absolute atomic E-state index is 12.6. The molecule has 0 saturated heterocycles. The van der Waals surface area contributed by atoms with Crippen LogP contribution in [0.3, 0.4) is 0 Å². The fraction of sp³-hybridized carbons (Fsp3) is 0.375. The number of carbonyl (C=O) groups is 1. The molecule has 0 bridgehead atoms. The maximum atomic E-state index is 12.6. The summed E-state index contributed by atoms with van der Waals surface area (Å²) in [5.41, 5.74) is 3.74. The quantitative estimate of drug-likeness (QED) is 0.772. The predicted molar refractivity (Wildman–Crippen MR) is 85.1 cm³/mol. The van der Waals surface area contributed by atoms with Gasteiger partial charge in [-0.2, -0.15) is 5.10 Å². The highest BCUT2D eigenvalue weighted by Crippen LogP contribution is 2.24. The van der Waals surface area contributed by atoms with E-state index in [2.05, 4.69) is 25.7 Å². The van der Waals surface area contributed by atoms with Gasteiger partial charge in [-0.15, -0.1) is 0 Å². The predicted octanol–water partition coefficient (Wildman–Crippen LogP) is 2.75. The molecule has 0 aromatic carbocycles. The number of hydrogen-bond acceptors (Lipinski definition) is 5. The van der Waals surface area contributed by atoms with Crippen LogP contribution in [0.2, 0.25) is 0 Å². The summed E-state index contributed by atoms with van der Waals surface area (Å²) in [6.07, 6.45) is 2.28.